The minimum absolute atomic E-state index is 0.0247. The number of aromatic nitrogens is 1. The fraction of sp³-hybridized carbons (Fsp3) is 0.261. The molecule has 35 heavy (non-hydrogen) atoms. The standard InChI is InChI=1S/C23H20N6O6/c1-34-13-4-3-12-11-29(19(30)14(12)9-13)23(20(31)26-21(32)27-23)17-10-15-16(35-17)5-6-18(25-15)28-8-2-7-24-22(28)33/h3-6,9-10H,2,7-8,11H2,1H3,(H,24,33)(H2,26,27,31,32)/t23-/m1/s1. The van der Waals surface area contributed by atoms with E-state index in [0.29, 0.717) is 46.9 Å². The van der Waals surface area contributed by atoms with Gasteiger partial charge in [0.1, 0.15) is 17.1 Å². The van der Waals surface area contributed by atoms with Gasteiger partial charge in [0.05, 0.1) is 13.7 Å². The Kier molecular flexibility index (Phi) is 4.46. The van der Waals surface area contributed by atoms with E-state index in [9.17, 15) is 19.2 Å². The molecule has 0 unspecified atom stereocenters. The molecule has 12 nitrogen and oxygen atoms in total. The number of benzene rings is 1. The summed E-state index contributed by atoms with van der Waals surface area (Å²) in [6.07, 6.45) is 0.778. The summed E-state index contributed by atoms with van der Waals surface area (Å²) in [5.41, 5.74) is -0.165. The molecule has 0 saturated carbocycles. The number of rotatable bonds is 4. The smallest absolute Gasteiger partial charge is 0.324 e. The zero-order chi connectivity index (χ0) is 24.3. The van der Waals surface area contributed by atoms with Crippen molar-refractivity contribution in [3.05, 3.63) is 53.3 Å². The maximum atomic E-state index is 13.4. The monoisotopic (exact) mass is 476 g/mol. The second-order valence-electron chi connectivity index (χ2n) is 8.43. The van der Waals surface area contributed by atoms with E-state index in [-0.39, 0.29) is 18.3 Å². The lowest BCUT2D eigenvalue weighted by Gasteiger charge is -2.33. The average Bonchev–Trinajstić information content (AvgIpc) is 3.52. The van der Waals surface area contributed by atoms with Crippen molar-refractivity contribution in [2.45, 2.75) is 18.6 Å². The number of imide groups is 1. The number of urea groups is 2. The van der Waals surface area contributed by atoms with Crippen LogP contribution in [0.25, 0.3) is 11.1 Å². The molecule has 0 aliphatic carbocycles. The number of nitrogens with one attached hydrogen (secondary N) is 3. The Morgan fingerprint density at radius 1 is 1.11 bits per heavy atom. The number of fused-ring (bicyclic) bond motifs is 2. The lowest BCUT2D eigenvalue weighted by molar-refractivity contribution is -0.131. The number of methoxy groups -OCH3 is 1. The van der Waals surface area contributed by atoms with Gasteiger partial charge < -0.3 is 19.8 Å². The van der Waals surface area contributed by atoms with Crippen LogP contribution in [0.1, 0.15) is 28.1 Å². The Hall–Kier alpha value is -4.61. The molecule has 2 fully saturated rings. The fourth-order valence-corrected chi connectivity index (χ4v) is 4.71. The number of hydrogen-bond donors (Lipinski definition) is 3. The Labute approximate surface area is 198 Å². The van der Waals surface area contributed by atoms with E-state index in [0.717, 1.165) is 6.42 Å². The number of amides is 6. The summed E-state index contributed by atoms with van der Waals surface area (Å²) in [4.78, 5) is 58.4. The Morgan fingerprint density at radius 2 is 1.97 bits per heavy atom. The van der Waals surface area contributed by atoms with E-state index >= 15 is 0 Å². The third kappa shape index (κ3) is 3.02. The van der Waals surface area contributed by atoms with Crippen molar-refractivity contribution in [2.24, 2.45) is 0 Å². The molecule has 3 aromatic rings. The highest BCUT2D eigenvalue weighted by Gasteiger charge is 2.58. The van der Waals surface area contributed by atoms with E-state index in [1.165, 1.54) is 23.0 Å². The first kappa shape index (κ1) is 21.0. The summed E-state index contributed by atoms with van der Waals surface area (Å²) < 4.78 is 11.2. The van der Waals surface area contributed by atoms with Crippen molar-refractivity contribution < 1.29 is 28.3 Å². The molecule has 1 atom stereocenters. The van der Waals surface area contributed by atoms with Gasteiger partial charge in [-0.05, 0) is 36.2 Å². The maximum absolute atomic E-state index is 13.4. The van der Waals surface area contributed by atoms with E-state index in [4.69, 9.17) is 9.15 Å². The van der Waals surface area contributed by atoms with Crippen molar-refractivity contribution in [1.82, 2.24) is 25.8 Å². The number of carbonyl (C=O) groups is 4. The van der Waals surface area contributed by atoms with Crippen molar-refractivity contribution in [2.75, 3.05) is 25.1 Å². The topological polar surface area (TPSA) is 146 Å². The number of anilines is 1. The third-order valence-corrected chi connectivity index (χ3v) is 6.45. The molecule has 1 aromatic carbocycles. The normalized spacial score (nSPS) is 21.7. The van der Waals surface area contributed by atoms with E-state index in [1.807, 2.05) is 0 Å². The van der Waals surface area contributed by atoms with Gasteiger partial charge >= 0.3 is 12.1 Å². The van der Waals surface area contributed by atoms with Crippen molar-refractivity contribution in [3.8, 4) is 5.75 Å². The highest BCUT2D eigenvalue weighted by atomic mass is 16.5. The molecule has 2 aromatic heterocycles. The van der Waals surface area contributed by atoms with Gasteiger partial charge in [-0.1, -0.05) is 6.07 Å². The van der Waals surface area contributed by atoms with Gasteiger partial charge in [0.25, 0.3) is 17.5 Å². The summed E-state index contributed by atoms with van der Waals surface area (Å²) in [5, 5.41) is 7.58. The predicted octanol–water partition coefficient (Wildman–Crippen LogP) is 1.40. The summed E-state index contributed by atoms with van der Waals surface area (Å²) in [6, 6.07) is 8.83. The molecular weight excluding hydrogens is 456 g/mol. The molecule has 6 amide bonds. The largest absolute Gasteiger partial charge is 0.497 e. The number of hydrogen-bond acceptors (Lipinski definition) is 7. The van der Waals surface area contributed by atoms with Crippen LogP contribution in [0.5, 0.6) is 5.75 Å². The highest BCUT2D eigenvalue weighted by molar-refractivity contribution is 6.11. The highest BCUT2D eigenvalue weighted by Crippen LogP contribution is 2.39. The maximum Gasteiger partial charge on any atom is 0.324 e. The fourth-order valence-electron chi connectivity index (χ4n) is 4.71. The Bertz CT molecular complexity index is 1430. The summed E-state index contributed by atoms with van der Waals surface area (Å²) in [7, 11) is 1.49. The van der Waals surface area contributed by atoms with Gasteiger partial charge in [-0.2, -0.15) is 0 Å². The number of furan rings is 1. The molecule has 12 heteroatoms. The van der Waals surface area contributed by atoms with E-state index < -0.39 is 23.5 Å². The van der Waals surface area contributed by atoms with Gasteiger partial charge in [0.15, 0.2) is 11.3 Å². The van der Waals surface area contributed by atoms with E-state index in [1.54, 1.807) is 30.3 Å². The average molecular weight is 476 g/mol. The first-order chi connectivity index (χ1) is 16.9. The van der Waals surface area contributed by atoms with Crippen LogP contribution in [0.15, 0.2) is 40.8 Å². The van der Waals surface area contributed by atoms with Crippen molar-refractivity contribution >= 4 is 40.8 Å². The molecule has 6 rings (SSSR count). The Balaban J connectivity index is 1.44. The minimum Gasteiger partial charge on any atom is -0.497 e. The molecule has 5 heterocycles. The number of nitrogens with zero attached hydrogens (tertiary/aromatic N) is 3. The number of carbonyl (C=O) groups excluding carboxylic acids is 4. The quantitative estimate of drug-likeness (QED) is 0.483. The molecule has 3 aliphatic rings. The van der Waals surface area contributed by atoms with Crippen LogP contribution in [0.3, 0.4) is 0 Å². The second kappa shape index (κ2) is 7.45. The zero-order valence-electron chi connectivity index (χ0n) is 18.6. The van der Waals surface area contributed by atoms with Gasteiger partial charge in [-0.3, -0.25) is 24.7 Å². The molecule has 178 valence electrons. The van der Waals surface area contributed by atoms with Gasteiger partial charge in [0, 0.05) is 24.7 Å². The second-order valence-corrected chi connectivity index (χ2v) is 8.43. The van der Waals surface area contributed by atoms with Crippen molar-refractivity contribution in [1.29, 1.82) is 0 Å². The van der Waals surface area contributed by atoms with Gasteiger partial charge in [-0.15, -0.1) is 0 Å². The third-order valence-electron chi connectivity index (χ3n) is 6.45. The molecule has 0 radical (unpaired) electrons. The number of ether oxygens (including phenoxy) is 1. The first-order valence-corrected chi connectivity index (χ1v) is 11.0. The zero-order valence-corrected chi connectivity index (χ0v) is 18.6. The first-order valence-electron chi connectivity index (χ1n) is 11.0. The van der Waals surface area contributed by atoms with E-state index in [2.05, 4.69) is 20.9 Å². The molecule has 2 saturated heterocycles. The summed E-state index contributed by atoms with van der Waals surface area (Å²) in [5.74, 6) is -0.264. The Morgan fingerprint density at radius 3 is 2.71 bits per heavy atom. The molecule has 3 N–H and O–H groups in total. The van der Waals surface area contributed by atoms with Crippen LogP contribution in [0.2, 0.25) is 0 Å². The van der Waals surface area contributed by atoms with Gasteiger partial charge in [-0.25, -0.2) is 14.6 Å². The SMILES string of the molecule is COc1ccc2c(c1)C(=O)N([C@@]1(c3cc4nc(N5CCCNC5=O)ccc4o3)NC(=O)NC1=O)C2. The summed E-state index contributed by atoms with van der Waals surface area (Å²) >= 11 is 0. The van der Waals surface area contributed by atoms with Gasteiger partial charge in [0.2, 0.25) is 0 Å². The van der Waals surface area contributed by atoms with Crippen LogP contribution >= 0.6 is 0 Å². The van der Waals surface area contributed by atoms with Crippen molar-refractivity contribution in [3.63, 3.8) is 0 Å². The minimum atomic E-state index is -1.91. The lowest BCUT2D eigenvalue weighted by Crippen LogP contribution is -2.57. The van der Waals surface area contributed by atoms with Crippen LogP contribution < -0.4 is 25.6 Å². The predicted molar refractivity (Wildman–Crippen MR) is 121 cm³/mol. The van der Waals surface area contributed by atoms with Crippen LogP contribution in [0.4, 0.5) is 15.4 Å². The molecular formula is C23H20N6O6. The number of pyridine rings is 1. The molecule has 0 bridgehead atoms. The lowest BCUT2D eigenvalue weighted by atomic mass is 10.1. The molecule has 0 spiro atoms. The summed E-state index contributed by atoms with van der Waals surface area (Å²) in [6.45, 7) is 1.18. The molecule has 3 aliphatic heterocycles. The van der Waals surface area contributed by atoms with Crippen LogP contribution in [-0.2, 0) is 17.0 Å². The van der Waals surface area contributed by atoms with Crippen LogP contribution in [-0.4, -0.2) is 54.0 Å². The van der Waals surface area contributed by atoms with Crippen LogP contribution in [0, 0.1) is 0 Å².